The number of hydrogen-bond donors (Lipinski definition) is 3. The Morgan fingerprint density at radius 1 is 0.750 bits per heavy atom. The minimum absolute atomic E-state index is 0.0119. The fraction of sp³-hybridized carbons (Fsp3) is 0.304. The second-order valence-electron chi connectivity index (χ2n) is 6.46. The third-order valence-corrected chi connectivity index (χ3v) is 4.30. The van der Waals surface area contributed by atoms with Crippen LogP contribution in [0.15, 0.2) is 60.7 Å². The highest BCUT2D eigenvalue weighted by molar-refractivity contribution is 5.64. The molecule has 0 heterocycles. The molecule has 0 fully saturated rings. The van der Waals surface area contributed by atoms with Crippen LogP contribution >= 0.6 is 0 Å². The standard InChI is InChI=1S/C23H28O5/c1-17(11-13-24)19-3-7-22(8-4-19)27-15-21(26)16-28-23-9-5-20(6-10-23)18(2)12-14-25/h3-12,21,24-26H,13-16H2,1-2H3/b17-11+,18-12+. The van der Waals surface area contributed by atoms with Crippen molar-refractivity contribution in [2.75, 3.05) is 26.4 Å². The predicted octanol–water partition coefficient (Wildman–Crippen LogP) is 3.30. The van der Waals surface area contributed by atoms with E-state index in [1.807, 2.05) is 62.4 Å². The fourth-order valence-corrected chi connectivity index (χ4v) is 2.57. The molecule has 150 valence electrons. The summed E-state index contributed by atoms with van der Waals surface area (Å²) in [6.45, 7) is 4.15. The molecule has 0 aliphatic carbocycles. The molecule has 0 aromatic heterocycles. The summed E-state index contributed by atoms with van der Waals surface area (Å²) < 4.78 is 11.2. The Kier molecular flexibility index (Phi) is 8.75. The fourth-order valence-electron chi connectivity index (χ4n) is 2.57. The van der Waals surface area contributed by atoms with Crippen molar-refractivity contribution < 1.29 is 24.8 Å². The van der Waals surface area contributed by atoms with E-state index in [4.69, 9.17) is 19.7 Å². The van der Waals surface area contributed by atoms with Gasteiger partial charge in [0.1, 0.15) is 30.8 Å². The maximum absolute atomic E-state index is 10.1. The average Bonchev–Trinajstić information content (AvgIpc) is 2.72. The summed E-state index contributed by atoms with van der Waals surface area (Å²) in [7, 11) is 0. The molecule has 0 saturated heterocycles. The first kappa shape index (κ1) is 21.7. The highest BCUT2D eigenvalue weighted by atomic mass is 16.5. The van der Waals surface area contributed by atoms with E-state index < -0.39 is 6.10 Å². The van der Waals surface area contributed by atoms with Crippen molar-refractivity contribution in [1.82, 2.24) is 0 Å². The summed E-state index contributed by atoms with van der Waals surface area (Å²) in [4.78, 5) is 0. The summed E-state index contributed by atoms with van der Waals surface area (Å²) in [5, 5.41) is 27.9. The Morgan fingerprint density at radius 2 is 1.11 bits per heavy atom. The van der Waals surface area contributed by atoms with Crippen LogP contribution in [0.3, 0.4) is 0 Å². The van der Waals surface area contributed by atoms with Crippen molar-refractivity contribution in [3.63, 3.8) is 0 Å². The highest BCUT2D eigenvalue weighted by Crippen LogP contribution is 2.20. The topological polar surface area (TPSA) is 79.2 Å². The monoisotopic (exact) mass is 384 g/mol. The third kappa shape index (κ3) is 6.85. The molecule has 0 spiro atoms. The van der Waals surface area contributed by atoms with Gasteiger partial charge >= 0.3 is 0 Å². The number of aliphatic hydroxyl groups is 3. The second kappa shape index (κ2) is 11.3. The Bertz CT molecular complexity index is 708. The van der Waals surface area contributed by atoms with Gasteiger partial charge in [-0.15, -0.1) is 0 Å². The van der Waals surface area contributed by atoms with Gasteiger partial charge in [-0.3, -0.25) is 0 Å². The number of rotatable bonds is 10. The first-order valence-corrected chi connectivity index (χ1v) is 9.23. The zero-order valence-corrected chi connectivity index (χ0v) is 16.3. The molecule has 0 unspecified atom stereocenters. The van der Waals surface area contributed by atoms with E-state index in [1.54, 1.807) is 12.2 Å². The number of aliphatic hydroxyl groups excluding tert-OH is 3. The molecular weight excluding hydrogens is 356 g/mol. The van der Waals surface area contributed by atoms with Gasteiger partial charge in [0.25, 0.3) is 0 Å². The van der Waals surface area contributed by atoms with E-state index in [9.17, 15) is 5.11 Å². The van der Waals surface area contributed by atoms with Gasteiger partial charge in [0.05, 0.1) is 13.2 Å². The largest absolute Gasteiger partial charge is 0.491 e. The molecule has 0 radical (unpaired) electrons. The third-order valence-electron chi connectivity index (χ3n) is 4.30. The van der Waals surface area contributed by atoms with Gasteiger partial charge < -0.3 is 24.8 Å². The molecule has 2 rings (SSSR count). The minimum Gasteiger partial charge on any atom is -0.491 e. The van der Waals surface area contributed by atoms with Crippen molar-refractivity contribution in [2.45, 2.75) is 20.0 Å². The summed E-state index contributed by atoms with van der Waals surface area (Å²) in [5.74, 6) is 1.32. The van der Waals surface area contributed by atoms with Gasteiger partial charge in [-0.25, -0.2) is 0 Å². The lowest BCUT2D eigenvalue weighted by molar-refractivity contribution is 0.0626. The average molecular weight is 384 g/mol. The van der Waals surface area contributed by atoms with E-state index in [2.05, 4.69) is 0 Å². The van der Waals surface area contributed by atoms with Crippen molar-refractivity contribution in [2.24, 2.45) is 0 Å². The molecular formula is C23H28O5. The molecule has 0 aliphatic heterocycles. The van der Waals surface area contributed by atoms with Gasteiger partial charge in [-0.2, -0.15) is 0 Å². The van der Waals surface area contributed by atoms with Gasteiger partial charge in [0.15, 0.2) is 0 Å². The molecule has 2 aromatic carbocycles. The van der Waals surface area contributed by atoms with Gasteiger partial charge in [-0.05, 0) is 60.4 Å². The SMILES string of the molecule is C/C(=C\CO)c1ccc(OCC(O)COc2ccc(/C(C)=C/CO)cc2)cc1. The van der Waals surface area contributed by atoms with Crippen molar-refractivity contribution in [1.29, 1.82) is 0 Å². The van der Waals surface area contributed by atoms with Crippen LogP contribution in [0.4, 0.5) is 0 Å². The van der Waals surface area contributed by atoms with Gasteiger partial charge in [0, 0.05) is 0 Å². The Balaban J connectivity index is 1.79. The van der Waals surface area contributed by atoms with E-state index in [0.717, 1.165) is 22.3 Å². The number of hydrogen-bond acceptors (Lipinski definition) is 5. The highest BCUT2D eigenvalue weighted by Gasteiger charge is 2.07. The van der Waals surface area contributed by atoms with Gasteiger partial charge in [-0.1, -0.05) is 36.4 Å². The Morgan fingerprint density at radius 3 is 1.43 bits per heavy atom. The molecule has 0 atom stereocenters. The van der Waals surface area contributed by atoms with Crippen LogP contribution in [0, 0.1) is 0 Å². The number of ether oxygens (including phenoxy) is 2. The van der Waals surface area contributed by atoms with Crippen LogP contribution in [0.25, 0.3) is 11.1 Å². The lowest BCUT2D eigenvalue weighted by Gasteiger charge is -2.14. The first-order chi connectivity index (χ1) is 13.5. The molecule has 28 heavy (non-hydrogen) atoms. The summed E-state index contributed by atoms with van der Waals surface area (Å²) in [5.41, 5.74) is 4.02. The van der Waals surface area contributed by atoms with E-state index in [1.165, 1.54) is 0 Å². The second-order valence-corrected chi connectivity index (χ2v) is 6.46. The quantitative estimate of drug-likeness (QED) is 0.586. The van der Waals surface area contributed by atoms with Crippen molar-refractivity contribution >= 4 is 11.1 Å². The summed E-state index contributed by atoms with van der Waals surface area (Å²) in [6, 6.07) is 15.0. The lowest BCUT2D eigenvalue weighted by atomic mass is 10.1. The molecule has 0 amide bonds. The minimum atomic E-state index is -0.758. The normalized spacial score (nSPS) is 13.3. The summed E-state index contributed by atoms with van der Waals surface area (Å²) >= 11 is 0. The molecule has 3 N–H and O–H groups in total. The molecule has 2 aromatic rings. The Labute approximate surface area is 166 Å². The van der Waals surface area contributed by atoms with E-state index in [0.29, 0.717) is 11.5 Å². The zero-order chi connectivity index (χ0) is 20.4. The van der Waals surface area contributed by atoms with E-state index >= 15 is 0 Å². The Hall–Kier alpha value is -2.60. The van der Waals surface area contributed by atoms with E-state index in [-0.39, 0.29) is 26.4 Å². The summed E-state index contributed by atoms with van der Waals surface area (Å²) in [6.07, 6.45) is 2.73. The van der Waals surface area contributed by atoms with Crippen LogP contribution in [-0.2, 0) is 0 Å². The molecule has 0 aliphatic rings. The number of benzene rings is 2. The smallest absolute Gasteiger partial charge is 0.122 e. The van der Waals surface area contributed by atoms with Crippen molar-refractivity contribution in [3.8, 4) is 11.5 Å². The first-order valence-electron chi connectivity index (χ1n) is 9.23. The maximum Gasteiger partial charge on any atom is 0.122 e. The predicted molar refractivity (Wildman–Crippen MR) is 111 cm³/mol. The molecule has 0 saturated carbocycles. The number of allylic oxidation sites excluding steroid dienone is 2. The zero-order valence-electron chi connectivity index (χ0n) is 16.3. The maximum atomic E-state index is 10.1. The van der Waals surface area contributed by atoms with Crippen LogP contribution < -0.4 is 9.47 Å². The molecule has 5 heteroatoms. The lowest BCUT2D eigenvalue weighted by Crippen LogP contribution is -2.25. The van der Waals surface area contributed by atoms with Crippen LogP contribution in [0.5, 0.6) is 11.5 Å². The van der Waals surface area contributed by atoms with Crippen LogP contribution in [0.2, 0.25) is 0 Å². The molecule has 0 bridgehead atoms. The molecule has 5 nitrogen and oxygen atoms in total. The van der Waals surface area contributed by atoms with Crippen LogP contribution in [-0.4, -0.2) is 47.9 Å². The van der Waals surface area contributed by atoms with Crippen LogP contribution in [0.1, 0.15) is 25.0 Å². The van der Waals surface area contributed by atoms with Crippen molar-refractivity contribution in [3.05, 3.63) is 71.8 Å². The van der Waals surface area contributed by atoms with Gasteiger partial charge in [0.2, 0.25) is 0 Å².